The zero-order valence-corrected chi connectivity index (χ0v) is 11.5. The summed E-state index contributed by atoms with van der Waals surface area (Å²) < 4.78 is 4.65. The number of carbonyl (C=O) groups excluding carboxylic acids is 2. The number of hydrogen-bond donors (Lipinski definition) is 1. The van der Waals surface area contributed by atoms with Crippen LogP contribution in [0.3, 0.4) is 0 Å². The van der Waals surface area contributed by atoms with E-state index in [-0.39, 0.29) is 12.3 Å². The van der Waals surface area contributed by atoms with Crippen LogP contribution in [0.25, 0.3) is 0 Å². The van der Waals surface area contributed by atoms with E-state index in [1.54, 1.807) is 0 Å². The molecule has 0 spiro atoms. The summed E-state index contributed by atoms with van der Waals surface area (Å²) in [6, 6.07) is 2.84. The quantitative estimate of drug-likeness (QED) is 0.490. The zero-order chi connectivity index (χ0) is 17.0. The number of nitrogens with zero attached hydrogens (tertiary/aromatic N) is 3. The second-order valence-electron chi connectivity index (χ2n) is 4.33. The van der Waals surface area contributed by atoms with E-state index >= 15 is 0 Å². The average Bonchev–Trinajstić information content (AvgIpc) is 2.90. The van der Waals surface area contributed by atoms with Gasteiger partial charge in [0.15, 0.2) is 0 Å². The second kappa shape index (κ2) is 6.51. The summed E-state index contributed by atoms with van der Waals surface area (Å²) in [5, 5.41) is 23.8. The van der Waals surface area contributed by atoms with E-state index in [0.717, 1.165) is 29.2 Å². The first-order valence-electron chi connectivity index (χ1n) is 6.24. The molecule has 1 heterocycles. The van der Waals surface area contributed by atoms with Crippen molar-refractivity contribution in [3.05, 3.63) is 50.7 Å². The van der Waals surface area contributed by atoms with Crippen LogP contribution in [0, 0.1) is 20.2 Å². The van der Waals surface area contributed by atoms with Gasteiger partial charge in [0, 0.05) is 18.3 Å². The monoisotopic (exact) mass is 322 g/mol. The summed E-state index contributed by atoms with van der Waals surface area (Å²) in [5.41, 5.74) is -1.27. The van der Waals surface area contributed by atoms with Crippen LogP contribution in [0.15, 0.2) is 30.5 Å². The molecule has 1 aromatic carbocycles. The van der Waals surface area contributed by atoms with Gasteiger partial charge in [-0.05, 0) is 6.07 Å². The van der Waals surface area contributed by atoms with Crippen molar-refractivity contribution in [1.82, 2.24) is 4.90 Å². The van der Waals surface area contributed by atoms with Gasteiger partial charge >= 0.3 is 6.09 Å². The lowest BCUT2D eigenvalue weighted by molar-refractivity contribution is -0.393. The number of rotatable bonds is 5. The third-order valence-corrected chi connectivity index (χ3v) is 2.84. The number of cyclic esters (lactones) is 1. The molecule has 0 saturated carbocycles. The molecular weight excluding hydrogens is 312 g/mol. The Morgan fingerprint density at radius 1 is 1.30 bits per heavy atom. The minimum absolute atomic E-state index is 0.195. The van der Waals surface area contributed by atoms with Gasteiger partial charge in [0.1, 0.15) is 12.3 Å². The van der Waals surface area contributed by atoms with Crippen molar-refractivity contribution in [2.24, 2.45) is 0 Å². The maximum Gasteiger partial charge on any atom is 0.413 e. The highest BCUT2D eigenvalue weighted by molar-refractivity contribution is 6.01. The topological polar surface area (TPSA) is 145 Å². The lowest BCUT2D eigenvalue weighted by Crippen LogP contribution is -2.18. The van der Waals surface area contributed by atoms with Crippen LogP contribution in [0.5, 0.6) is 0 Å². The van der Waals surface area contributed by atoms with Crippen LogP contribution in [0.4, 0.5) is 21.9 Å². The Morgan fingerprint density at radius 2 is 2.04 bits per heavy atom. The number of ether oxygens (including phenoxy) is 1. The fourth-order valence-electron chi connectivity index (χ4n) is 1.76. The Hall–Kier alpha value is -3.50. The molecule has 0 bridgehead atoms. The van der Waals surface area contributed by atoms with Gasteiger partial charge in [-0.1, -0.05) is 0 Å². The summed E-state index contributed by atoms with van der Waals surface area (Å²) >= 11 is 0. The summed E-state index contributed by atoms with van der Waals surface area (Å²) in [5.74, 6) is -0.735. The maximum absolute atomic E-state index is 11.7. The number of hydrogen-bond acceptors (Lipinski definition) is 7. The number of amides is 2. The number of benzene rings is 1. The van der Waals surface area contributed by atoms with Gasteiger partial charge in [0.25, 0.3) is 11.4 Å². The fraction of sp³-hybridized carbons (Fsp3) is 0.167. The van der Waals surface area contributed by atoms with E-state index in [1.807, 2.05) is 0 Å². The Bertz CT molecular complexity index is 715. The predicted octanol–water partition coefficient (Wildman–Crippen LogP) is 1.41. The molecule has 0 aromatic heterocycles. The fourth-order valence-corrected chi connectivity index (χ4v) is 1.76. The maximum atomic E-state index is 11.7. The van der Waals surface area contributed by atoms with Gasteiger partial charge in [0.2, 0.25) is 5.91 Å². The molecule has 1 aliphatic heterocycles. The Balaban J connectivity index is 2.14. The third kappa shape index (κ3) is 3.78. The molecule has 23 heavy (non-hydrogen) atoms. The van der Waals surface area contributed by atoms with Crippen molar-refractivity contribution in [3.63, 3.8) is 0 Å². The van der Waals surface area contributed by atoms with Gasteiger partial charge in [0.05, 0.1) is 22.5 Å². The van der Waals surface area contributed by atoms with Crippen LogP contribution >= 0.6 is 0 Å². The molecule has 1 fully saturated rings. The van der Waals surface area contributed by atoms with E-state index in [2.05, 4.69) is 10.1 Å². The van der Waals surface area contributed by atoms with E-state index in [1.165, 1.54) is 6.20 Å². The van der Waals surface area contributed by atoms with Crippen molar-refractivity contribution >= 4 is 29.1 Å². The van der Waals surface area contributed by atoms with Crippen molar-refractivity contribution in [1.29, 1.82) is 0 Å². The SMILES string of the molecule is O=C(/C=C\N1CCOC1=O)Nc1ccc([N+](=O)[O-])cc1[N+](=O)[O-]. The van der Waals surface area contributed by atoms with E-state index in [4.69, 9.17) is 0 Å². The number of nitro groups is 2. The lowest BCUT2D eigenvalue weighted by atomic mass is 10.2. The van der Waals surface area contributed by atoms with Crippen molar-refractivity contribution in [3.8, 4) is 0 Å². The Morgan fingerprint density at radius 3 is 2.61 bits per heavy atom. The molecule has 1 aliphatic rings. The van der Waals surface area contributed by atoms with Gasteiger partial charge < -0.3 is 10.1 Å². The highest BCUT2D eigenvalue weighted by Crippen LogP contribution is 2.28. The molecule has 0 radical (unpaired) electrons. The normalized spacial score (nSPS) is 13.9. The molecule has 2 rings (SSSR count). The van der Waals surface area contributed by atoms with Gasteiger partial charge in [-0.25, -0.2) is 4.79 Å². The molecule has 1 saturated heterocycles. The minimum Gasteiger partial charge on any atom is -0.447 e. The number of anilines is 1. The molecule has 120 valence electrons. The smallest absolute Gasteiger partial charge is 0.413 e. The molecule has 0 atom stereocenters. The molecule has 1 aromatic rings. The summed E-state index contributed by atoms with van der Waals surface area (Å²) in [7, 11) is 0. The van der Waals surface area contributed by atoms with Gasteiger partial charge in [-0.3, -0.25) is 29.9 Å². The minimum atomic E-state index is -0.843. The lowest BCUT2D eigenvalue weighted by Gasteiger charge is -2.06. The van der Waals surface area contributed by atoms with Gasteiger partial charge in [-0.2, -0.15) is 0 Å². The zero-order valence-electron chi connectivity index (χ0n) is 11.5. The third-order valence-electron chi connectivity index (χ3n) is 2.84. The second-order valence-corrected chi connectivity index (χ2v) is 4.33. The molecular formula is C12H10N4O7. The first-order valence-corrected chi connectivity index (χ1v) is 6.24. The standard InChI is InChI=1S/C12H10N4O7/c17-11(3-4-14-5-6-23-12(14)18)13-9-2-1-8(15(19)20)7-10(9)16(21)22/h1-4,7H,5-6H2,(H,13,17)/b4-3-. The Labute approximate surface area is 128 Å². The van der Waals surface area contributed by atoms with Crippen molar-refractivity contribution in [2.45, 2.75) is 0 Å². The van der Waals surface area contributed by atoms with Crippen LogP contribution in [-0.4, -0.2) is 39.9 Å². The molecule has 2 amide bonds. The average molecular weight is 322 g/mol. The van der Waals surface area contributed by atoms with Crippen LogP contribution in [-0.2, 0) is 9.53 Å². The highest BCUT2D eigenvalue weighted by Gasteiger charge is 2.21. The number of non-ortho nitro benzene ring substituents is 1. The van der Waals surface area contributed by atoms with Crippen LogP contribution in [0.1, 0.15) is 0 Å². The summed E-state index contributed by atoms with van der Waals surface area (Å²) in [4.78, 5) is 44.0. The highest BCUT2D eigenvalue weighted by atomic mass is 16.6. The predicted molar refractivity (Wildman–Crippen MR) is 75.6 cm³/mol. The first kappa shape index (κ1) is 15.9. The van der Waals surface area contributed by atoms with Crippen molar-refractivity contribution < 1.29 is 24.2 Å². The Kier molecular flexibility index (Phi) is 4.50. The van der Waals surface area contributed by atoms with Crippen molar-refractivity contribution in [2.75, 3.05) is 18.5 Å². The first-order chi connectivity index (χ1) is 10.9. The van der Waals surface area contributed by atoms with E-state index in [0.29, 0.717) is 6.54 Å². The van der Waals surface area contributed by atoms with E-state index in [9.17, 15) is 29.8 Å². The molecule has 1 N–H and O–H groups in total. The molecule has 0 unspecified atom stereocenters. The number of nitro benzene ring substituents is 2. The largest absolute Gasteiger partial charge is 0.447 e. The number of carbonyl (C=O) groups is 2. The van der Waals surface area contributed by atoms with E-state index < -0.39 is 33.2 Å². The molecule has 11 heteroatoms. The van der Waals surface area contributed by atoms with Crippen LogP contribution in [0.2, 0.25) is 0 Å². The molecule has 11 nitrogen and oxygen atoms in total. The van der Waals surface area contributed by atoms with Crippen LogP contribution < -0.4 is 5.32 Å². The summed E-state index contributed by atoms with van der Waals surface area (Å²) in [6.45, 7) is 0.499. The van der Waals surface area contributed by atoms with Gasteiger partial charge in [-0.15, -0.1) is 0 Å². The molecule has 0 aliphatic carbocycles. The summed E-state index contributed by atoms with van der Waals surface area (Å²) in [6.07, 6.45) is 1.58. The number of nitrogens with one attached hydrogen (secondary N) is 1.